The van der Waals surface area contributed by atoms with Crippen molar-refractivity contribution in [2.75, 3.05) is 0 Å². The quantitative estimate of drug-likeness (QED) is 0.649. The second kappa shape index (κ2) is 2.66. The van der Waals surface area contributed by atoms with Crippen LogP contribution in [0.4, 0.5) is 0 Å². The molecule has 0 aliphatic heterocycles. The van der Waals surface area contributed by atoms with Crippen LogP contribution in [0.5, 0.6) is 0 Å². The highest BCUT2D eigenvalue weighted by Gasteiger charge is 2.25. The Kier molecular flexibility index (Phi) is 1.66. The van der Waals surface area contributed by atoms with E-state index in [1.165, 1.54) is 12.8 Å². The van der Waals surface area contributed by atoms with E-state index in [1.807, 2.05) is 23.1 Å². The van der Waals surface area contributed by atoms with E-state index in [9.17, 15) is 0 Å². The molecule has 1 saturated carbocycles. The molecule has 0 bridgehead atoms. The molecule has 60 valence electrons. The Bertz CT molecular complexity index is 217. The minimum Gasteiger partial charge on any atom is -0.326 e. The fraction of sp³-hybridized carbons (Fsp3) is 0.625. The second-order valence-corrected chi connectivity index (χ2v) is 3.15. The maximum absolute atomic E-state index is 5.91. The van der Waals surface area contributed by atoms with Crippen molar-refractivity contribution in [2.24, 2.45) is 5.73 Å². The Morgan fingerprint density at radius 2 is 2.36 bits per heavy atom. The lowest BCUT2D eigenvalue weighted by Crippen LogP contribution is -2.27. The van der Waals surface area contributed by atoms with Gasteiger partial charge in [0, 0.05) is 18.4 Å². The summed E-state index contributed by atoms with van der Waals surface area (Å²) >= 11 is 0. The largest absolute Gasteiger partial charge is 0.326 e. The average molecular weight is 151 g/mol. The normalized spacial score (nSPS) is 31.0. The third-order valence-electron chi connectivity index (χ3n) is 2.40. The van der Waals surface area contributed by atoms with Crippen molar-refractivity contribution >= 4 is 0 Å². The highest BCUT2D eigenvalue weighted by atomic mass is 15.3. The van der Waals surface area contributed by atoms with Gasteiger partial charge in [-0.15, -0.1) is 0 Å². The summed E-state index contributed by atoms with van der Waals surface area (Å²) in [6.45, 7) is 0. The topological polar surface area (TPSA) is 43.8 Å². The lowest BCUT2D eigenvalue weighted by molar-refractivity contribution is 0.422. The number of nitrogens with zero attached hydrogens (tertiary/aromatic N) is 2. The van der Waals surface area contributed by atoms with Gasteiger partial charge in [-0.25, -0.2) is 0 Å². The van der Waals surface area contributed by atoms with E-state index in [0.717, 1.165) is 6.42 Å². The standard InChI is InChI=1S/C8H13N3/c9-7-3-1-4-8(7)11-6-2-5-10-11/h2,5-8H,1,3-4,9H2/t7-,8-/m1/s1. The van der Waals surface area contributed by atoms with Gasteiger partial charge in [-0.2, -0.15) is 5.10 Å². The van der Waals surface area contributed by atoms with E-state index in [0.29, 0.717) is 12.1 Å². The van der Waals surface area contributed by atoms with Crippen molar-refractivity contribution in [1.82, 2.24) is 9.78 Å². The van der Waals surface area contributed by atoms with E-state index in [1.54, 1.807) is 0 Å². The molecule has 3 nitrogen and oxygen atoms in total. The fourth-order valence-corrected chi connectivity index (χ4v) is 1.77. The zero-order valence-electron chi connectivity index (χ0n) is 6.48. The minimum absolute atomic E-state index is 0.315. The first-order valence-electron chi connectivity index (χ1n) is 4.12. The maximum Gasteiger partial charge on any atom is 0.0670 e. The van der Waals surface area contributed by atoms with Gasteiger partial charge in [0.2, 0.25) is 0 Å². The van der Waals surface area contributed by atoms with Crippen LogP contribution in [-0.2, 0) is 0 Å². The van der Waals surface area contributed by atoms with Gasteiger partial charge in [-0.1, -0.05) is 0 Å². The predicted molar refractivity (Wildman–Crippen MR) is 43.1 cm³/mol. The number of aromatic nitrogens is 2. The summed E-state index contributed by atoms with van der Waals surface area (Å²) in [4.78, 5) is 0. The summed E-state index contributed by atoms with van der Waals surface area (Å²) in [7, 11) is 0. The van der Waals surface area contributed by atoms with Gasteiger partial charge in [0.25, 0.3) is 0 Å². The molecule has 1 aliphatic carbocycles. The van der Waals surface area contributed by atoms with Gasteiger partial charge in [0.15, 0.2) is 0 Å². The molecule has 1 aromatic rings. The molecule has 3 heteroatoms. The van der Waals surface area contributed by atoms with Gasteiger partial charge in [0.1, 0.15) is 0 Å². The Morgan fingerprint density at radius 3 is 2.91 bits per heavy atom. The summed E-state index contributed by atoms with van der Waals surface area (Å²) in [5.41, 5.74) is 5.91. The zero-order chi connectivity index (χ0) is 7.68. The fourth-order valence-electron chi connectivity index (χ4n) is 1.77. The first-order chi connectivity index (χ1) is 5.38. The molecule has 2 atom stereocenters. The van der Waals surface area contributed by atoms with Crippen LogP contribution < -0.4 is 5.73 Å². The third-order valence-corrected chi connectivity index (χ3v) is 2.40. The third kappa shape index (κ3) is 1.16. The van der Waals surface area contributed by atoms with Crippen molar-refractivity contribution in [3.8, 4) is 0 Å². The second-order valence-electron chi connectivity index (χ2n) is 3.15. The average Bonchev–Trinajstić information content (AvgIpc) is 2.55. The van der Waals surface area contributed by atoms with E-state index in [-0.39, 0.29) is 0 Å². The molecule has 1 aromatic heterocycles. The van der Waals surface area contributed by atoms with Crippen molar-refractivity contribution in [3.63, 3.8) is 0 Å². The monoisotopic (exact) mass is 151 g/mol. The van der Waals surface area contributed by atoms with Crippen LogP contribution in [0.3, 0.4) is 0 Å². The SMILES string of the molecule is N[C@@H]1CCC[C@H]1n1cccn1. The predicted octanol–water partition coefficient (Wildman–Crippen LogP) is 0.935. The Balaban J connectivity index is 2.16. The molecule has 0 aromatic carbocycles. The van der Waals surface area contributed by atoms with E-state index < -0.39 is 0 Å². The Morgan fingerprint density at radius 1 is 1.45 bits per heavy atom. The smallest absolute Gasteiger partial charge is 0.0670 e. The number of hydrogen-bond acceptors (Lipinski definition) is 2. The van der Waals surface area contributed by atoms with Crippen molar-refractivity contribution in [1.29, 1.82) is 0 Å². The van der Waals surface area contributed by atoms with Gasteiger partial charge >= 0.3 is 0 Å². The van der Waals surface area contributed by atoms with Crippen molar-refractivity contribution in [2.45, 2.75) is 31.3 Å². The lowest BCUT2D eigenvalue weighted by Gasteiger charge is -2.15. The highest BCUT2D eigenvalue weighted by molar-refractivity contribution is 4.89. The molecule has 2 N–H and O–H groups in total. The number of rotatable bonds is 1. The summed E-state index contributed by atoms with van der Waals surface area (Å²) in [5.74, 6) is 0. The summed E-state index contributed by atoms with van der Waals surface area (Å²) in [6.07, 6.45) is 7.37. The van der Waals surface area contributed by atoms with Crippen LogP contribution in [0, 0.1) is 0 Å². The van der Waals surface area contributed by atoms with Crippen LogP contribution in [-0.4, -0.2) is 15.8 Å². The van der Waals surface area contributed by atoms with Crippen LogP contribution in [0.2, 0.25) is 0 Å². The van der Waals surface area contributed by atoms with Gasteiger partial charge < -0.3 is 5.73 Å². The summed E-state index contributed by atoms with van der Waals surface area (Å²) < 4.78 is 1.98. The van der Waals surface area contributed by atoms with Crippen molar-refractivity contribution < 1.29 is 0 Å². The maximum atomic E-state index is 5.91. The number of nitrogens with two attached hydrogens (primary N) is 1. The molecule has 0 saturated heterocycles. The Hall–Kier alpha value is -0.830. The molecule has 2 rings (SSSR count). The van der Waals surface area contributed by atoms with E-state index in [2.05, 4.69) is 5.10 Å². The van der Waals surface area contributed by atoms with Crippen molar-refractivity contribution in [3.05, 3.63) is 18.5 Å². The van der Waals surface area contributed by atoms with Crippen LogP contribution >= 0.6 is 0 Å². The van der Waals surface area contributed by atoms with Crippen LogP contribution in [0.15, 0.2) is 18.5 Å². The molecule has 11 heavy (non-hydrogen) atoms. The van der Waals surface area contributed by atoms with E-state index >= 15 is 0 Å². The molecule has 0 spiro atoms. The summed E-state index contributed by atoms with van der Waals surface area (Å²) in [6, 6.07) is 2.71. The lowest BCUT2D eigenvalue weighted by atomic mass is 10.2. The van der Waals surface area contributed by atoms with Crippen LogP contribution in [0.1, 0.15) is 25.3 Å². The first kappa shape index (κ1) is 6.85. The molecule has 0 amide bonds. The molecule has 0 unspecified atom stereocenters. The molecular weight excluding hydrogens is 138 g/mol. The van der Waals surface area contributed by atoms with Crippen LogP contribution in [0.25, 0.3) is 0 Å². The zero-order valence-corrected chi connectivity index (χ0v) is 6.48. The highest BCUT2D eigenvalue weighted by Crippen LogP contribution is 2.27. The molecule has 1 fully saturated rings. The Labute approximate surface area is 66.2 Å². The molecule has 1 aliphatic rings. The number of hydrogen-bond donors (Lipinski definition) is 1. The first-order valence-corrected chi connectivity index (χ1v) is 4.12. The minimum atomic E-state index is 0.315. The summed E-state index contributed by atoms with van der Waals surface area (Å²) in [5, 5.41) is 4.19. The molecule has 1 heterocycles. The molecule has 0 radical (unpaired) electrons. The van der Waals surface area contributed by atoms with Gasteiger partial charge in [-0.05, 0) is 25.3 Å². The van der Waals surface area contributed by atoms with Gasteiger partial charge in [-0.3, -0.25) is 4.68 Å². The van der Waals surface area contributed by atoms with Gasteiger partial charge in [0.05, 0.1) is 6.04 Å². The molecular formula is C8H13N3. The van der Waals surface area contributed by atoms with E-state index in [4.69, 9.17) is 5.73 Å².